The van der Waals surface area contributed by atoms with E-state index >= 15 is 0 Å². The Bertz CT molecular complexity index is 1160. The van der Waals surface area contributed by atoms with E-state index in [4.69, 9.17) is 0 Å². The molecule has 3 aromatic rings. The number of anilines is 1. The summed E-state index contributed by atoms with van der Waals surface area (Å²) in [6.45, 7) is 1.83. The third-order valence-corrected chi connectivity index (χ3v) is 8.64. The number of hydrogen-bond donors (Lipinski definition) is 0. The summed E-state index contributed by atoms with van der Waals surface area (Å²) in [5, 5.41) is 3.37. The van der Waals surface area contributed by atoms with Gasteiger partial charge in [-0.05, 0) is 35.4 Å². The first kappa shape index (κ1) is 22.3. The molecule has 0 amide bonds. The van der Waals surface area contributed by atoms with E-state index in [-0.39, 0.29) is 0 Å². The summed E-state index contributed by atoms with van der Waals surface area (Å²) in [6.07, 6.45) is 0.409. The predicted molar refractivity (Wildman–Crippen MR) is 121 cm³/mol. The van der Waals surface area contributed by atoms with Gasteiger partial charge >= 0.3 is 0 Å². The molecule has 0 N–H and O–H groups in total. The standard InChI is InChI=1S/C21H20BrF2N3O2S2/c22-13-15-1-4-18(5-2-15)31(28,29)27-9-7-26(8-10-27)21-25-17(14-30-21)11-16-3-6-19(23)20(24)12-16/h1-6,12,14H,7-11,13H2. The van der Waals surface area contributed by atoms with Crippen molar-refractivity contribution >= 4 is 42.4 Å². The van der Waals surface area contributed by atoms with Crippen LogP contribution in [0, 0.1) is 11.6 Å². The first-order valence-electron chi connectivity index (χ1n) is 9.65. The van der Waals surface area contributed by atoms with Crippen LogP contribution < -0.4 is 4.90 Å². The van der Waals surface area contributed by atoms with E-state index < -0.39 is 21.7 Å². The average Bonchev–Trinajstić information content (AvgIpc) is 3.25. The van der Waals surface area contributed by atoms with Gasteiger partial charge < -0.3 is 4.90 Å². The molecule has 0 bridgehead atoms. The molecule has 2 heterocycles. The Labute approximate surface area is 192 Å². The molecular weight excluding hydrogens is 508 g/mol. The fraction of sp³-hybridized carbons (Fsp3) is 0.286. The van der Waals surface area contributed by atoms with Crippen molar-refractivity contribution in [2.75, 3.05) is 31.1 Å². The summed E-state index contributed by atoms with van der Waals surface area (Å²) in [6, 6.07) is 10.7. The Morgan fingerprint density at radius 1 is 0.968 bits per heavy atom. The summed E-state index contributed by atoms with van der Waals surface area (Å²) in [5.74, 6) is -1.73. The van der Waals surface area contributed by atoms with Crippen molar-refractivity contribution in [1.82, 2.24) is 9.29 Å². The number of rotatable bonds is 6. The number of aromatic nitrogens is 1. The van der Waals surface area contributed by atoms with E-state index in [2.05, 4.69) is 25.8 Å². The van der Waals surface area contributed by atoms with Crippen molar-refractivity contribution in [3.63, 3.8) is 0 Å². The highest BCUT2D eigenvalue weighted by atomic mass is 79.9. The lowest BCUT2D eigenvalue weighted by Gasteiger charge is -2.33. The Morgan fingerprint density at radius 2 is 1.65 bits per heavy atom. The first-order valence-corrected chi connectivity index (χ1v) is 13.1. The van der Waals surface area contributed by atoms with E-state index in [1.807, 2.05) is 17.5 Å². The predicted octanol–water partition coefficient (Wildman–Crippen LogP) is 4.42. The highest BCUT2D eigenvalue weighted by Crippen LogP contribution is 2.26. The SMILES string of the molecule is O=S(=O)(c1ccc(CBr)cc1)N1CCN(c2nc(Cc3ccc(F)c(F)c3)cs2)CC1. The third kappa shape index (κ3) is 4.97. The second-order valence-corrected chi connectivity index (χ2v) is 10.6. The van der Waals surface area contributed by atoms with Crippen LogP contribution >= 0.6 is 27.3 Å². The molecule has 1 aliphatic heterocycles. The van der Waals surface area contributed by atoms with Gasteiger partial charge in [-0.1, -0.05) is 34.1 Å². The van der Waals surface area contributed by atoms with Crippen molar-refractivity contribution in [3.8, 4) is 0 Å². The maximum absolute atomic E-state index is 13.4. The molecule has 0 spiro atoms. The van der Waals surface area contributed by atoms with Crippen LogP contribution in [0.3, 0.4) is 0 Å². The van der Waals surface area contributed by atoms with Gasteiger partial charge in [0.25, 0.3) is 0 Å². The van der Waals surface area contributed by atoms with E-state index in [1.165, 1.54) is 21.7 Å². The molecular formula is C21H20BrF2N3O2S2. The molecule has 2 aromatic carbocycles. The number of piperazine rings is 1. The molecule has 0 saturated carbocycles. The van der Waals surface area contributed by atoms with Crippen molar-refractivity contribution < 1.29 is 17.2 Å². The summed E-state index contributed by atoms with van der Waals surface area (Å²) in [4.78, 5) is 6.96. The largest absolute Gasteiger partial charge is 0.345 e. The number of nitrogens with zero attached hydrogens (tertiary/aromatic N) is 3. The van der Waals surface area contributed by atoms with Gasteiger partial charge in [0.2, 0.25) is 10.0 Å². The van der Waals surface area contributed by atoms with E-state index in [9.17, 15) is 17.2 Å². The minimum atomic E-state index is -3.53. The number of halogens is 3. The second kappa shape index (κ2) is 9.32. The van der Waals surface area contributed by atoms with E-state index in [0.29, 0.717) is 48.4 Å². The molecule has 31 heavy (non-hydrogen) atoms. The molecule has 1 aliphatic rings. The van der Waals surface area contributed by atoms with Gasteiger partial charge in [0.15, 0.2) is 16.8 Å². The third-order valence-electron chi connectivity index (χ3n) is 5.13. The maximum Gasteiger partial charge on any atom is 0.243 e. The Hall–Kier alpha value is -1.88. The lowest BCUT2D eigenvalue weighted by molar-refractivity contribution is 0.384. The van der Waals surface area contributed by atoms with Crippen LogP contribution in [0.15, 0.2) is 52.7 Å². The molecule has 0 radical (unpaired) electrons. The second-order valence-electron chi connectivity index (χ2n) is 7.22. The van der Waals surface area contributed by atoms with Gasteiger partial charge in [0, 0.05) is 43.3 Å². The summed E-state index contributed by atoms with van der Waals surface area (Å²) in [7, 11) is -3.53. The minimum Gasteiger partial charge on any atom is -0.345 e. The number of sulfonamides is 1. The number of alkyl halides is 1. The van der Waals surface area contributed by atoms with Gasteiger partial charge in [-0.15, -0.1) is 11.3 Å². The normalized spacial score (nSPS) is 15.4. The first-order chi connectivity index (χ1) is 14.9. The van der Waals surface area contributed by atoms with Crippen LogP contribution in [-0.2, 0) is 21.8 Å². The zero-order chi connectivity index (χ0) is 22.0. The van der Waals surface area contributed by atoms with E-state index in [0.717, 1.165) is 22.5 Å². The van der Waals surface area contributed by atoms with Gasteiger partial charge in [-0.25, -0.2) is 22.2 Å². The quantitative estimate of drug-likeness (QED) is 0.445. The van der Waals surface area contributed by atoms with Gasteiger partial charge in [-0.3, -0.25) is 0 Å². The minimum absolute atomic E-state index is 0.300. The molecule has 10 heteroatoms. The molecule has 4 rings (SSSR count). The van der Waals surface area contributed by atoms with Gasteiger partial charge in [-0.2, -0.15) is 4.31 Å². The Morgan fingerprint density at radius 3 is 2.29 bits per heavy atom. The molecule has 5 nitrogen and oxygen atoms in total. The van der Waals surface area contributed by atoms with E-state index in [1.54, 1.807) is 18.2 Å². The van der Waals surface area contributed by atoms with Crippen molar-refractivity contribution in [2.24, 2.45) is 0 Å². The smallest absolute Gasteiger partial charge is 0.243 e. The highest BCUT2D eigenvalue weighted by molar-refractivity contribution is 9.08. The average molecular weight is 528 g/mol. The molecule has 1 saturated heterocycles. The van der Waals surface area contributed by atoms with Crippen LogP contribution in [0.5, 0.6) is 0 Å². The summed E-state index contributed by atoms with van der Waals surface area (Å²) < 4.78 is 53.8. The van der Waals surface area contributed by atoms with Crippen LogP contribution in [0.2, 0.25) is 0 Å². The van der Waals surface area contributed by atoms with Crippen molar-refractivity contribution in [3.05, 3.63) is 76.3 Å². The van der Waals surface area contributed by atoms with Crippen LogP contribution in [0.4, 0.5) is 13.9 Å². The van der Waals surface area contributed by atoms with Crippen molar-refractivity contribution in [1.29, 1.82) is 0 Å². The van der Waals surface area contributed by atoms with Crippen LogP contribution in [-0.4, -0.2) is 43.9 Å². The summed E-state index contributed by atoms with van der Waals surface area (Å²) in [5.41, 5.74) is 2.44. The molecule has 0 atom stereocenters. The molecule has 164 valence electrons. The number of benzene rings is 2. The molecule has 1 aromatic heterocycles. The number of hydrogen-bond acceptors (Lipinski definition) is 5. The molecule has 1 fully saturated rings. The zero-order valence-corrected chi connectivity index (χ0v) is 19.7. The fourth-order valence-electron chi connectivity index (χ4n) is 3.40. The van der Waals surface area contributed by atoms with Crippen LogP contribution in [0.1, 0.15) is 16.8 Å². The Kier molecular flexibility index (Phi) is 6.71. The molecule has 0 aliphatic carbocycles. The fourth-order valence-corrected chi connectivity index (χ4v) is 6.08. The topological polar surface area (TPSA) is 53.5 Å². The zero-order valence-electron chi connectivity index (χ0n) is 16.5. The highest BCUT2D eigenvalue weighted by Gasteiger charge is 2.29. The summed E-state index contributed by atoms with van der Waals surface area (Å²) >= 11 is 4.83. The lowest BCUT2D eigenvalue weighted by atomic mass is 10.1. The molecule has 0 unspecified atom stereocenters. The lowest BCUT2D eigenvalue weighted by Crippen LogP contribution is -2.48. The monoisotopic (exact) mass is 527 g/mol. The van der Waals surface area contributed by atoms with Gasteiger partial charge in [0.05, 0.1) is 10.6 Å². The number of thiazole rings is 1. The van der Waals surface area contributed by atoms with Crippen molar-refractivity contribution in [2.45, 2.75) is 16.6 Å². The Balaban J connectivity index is 1.39. The van der Waals surface area contributed by atoms with Crippen LogP contribution in [0.25, 0.3) is 0 Å². The van der Waals surface area contributed by atoms with Gasteiger partial charge in [0.1, 0.15) is 0 Å². The maximum atomic E-state index is 13.4.